The first-order valence-electron chi connectivity index (χ1n) is 10.4. The zero-order valence-corrected chi connectivity index (χ0v) is 18.0. The van der Waals surface area contributed by atoms with E-state index in [4.69, 9.17) is 10.00 Å². The fraction of sp³-hybridized carbons (Fsp3) is 0.348. The molecule has 1 aliphatic heterocycles. The van der Waals surface area contributed by atoms with E-state index in [1.54, 1.807) is 32.1 Å². The molecule has 1 atom stereocenters. The summed E-state index contributed by atoms with van der Waals surface area (Å²) in [6, 6.07) is 5.25. The number of allylic oxidation sites excluding steroid dienone is 1. The molecule has 2 fully saturated rings. The van der Waals surface area contributed by atoms with Gasteiger partial charge in [-0.1, -0.05) is 0 Å². The summed E-state index contributed by atoms with van der Waals surface area (Å²) in [7, 11) is 0. The second-order valence-electron chi connectivity index (χ2n) is 8.87. The lowest BCUT2D eigenvalue weighted by atomic mass is 10.0. The molecule has 1 amide bonds. The van der Waals surface area contributed by atoms with Gasteiger partial charge >= 0.3 is 6.18 Å². The minimum absolute atomic E-state index is 0.0646. The van der Waals surface area contributed by atoms with Crippen molar-refractivity contribution in [1.82, 2.24) is 15.3 Å². The Bertz CT molecular complexity index is 1340. The molecule has 1 aromatic heterocycles. The van der Waals surface area contributed by atoms with Crippen LogP contribution >= 0.6 is 0 Å². The summed E-state index contributed by atoms with van der Waals surface area (Å²) < 4.78 is 47.1. The lowest BCUT2D eigenvalue weighted by Gasteiger charge is -2.19. The lowest BCUT2D eigenvalue weighted by molar-refractivity contribution is -0.154. The van der Waals surface area contributed by atoms with E-state index in [-0.39, 0.29) is 17.6 Å². The van der Waals surface area contributed by atoms with Crippen molar-refractivity contribution in [3.8, 4) is 23.8 Å². The topological polar surface area (TPSA) is 124 Å². The Labute approximate surface area is 192 Å². The van der Waals surface area contributed by atoms with Crippen LogP contribution in [0.15, 0.2) is 18.2 Å². The van der Waals surface area contributed by atoms with Crippen LogP contribution in [-0.2, 0) is 0 Å². The lowest BCUT2D eigenvalue weighted by Crippen LogP contribution is -2.31. The van der Waals surface area contributed by atoms with Crippen molar-refractivity contribution in [2.75, 3.05) is 5.32 Å². The minimum Gasteiger partial charge on any atom is -0.438 e. The van der Waals surface area contributed by atoms with Gasteiger partial charge in [0.1, 0.15) is 11.4 Å². The number of fused-ring (bicyclic) bond motifs is 2. The molecule has 2 heterocycles. The number of carbonyl (C=O) groups is 1. The summed E-state index contributed by atoms with van der Waals surface area (Å²) in [5.41, 5.74) is 0.0152. The van der Waals surface area contributed by atoms with Crippen LogP contribution in [0.4, 0.5) is 19.1 Å². The molecule has 0 saturated heterocycles. The van der Waals surface area contributed by atoms with Gasteiger partial charge < -0.3 is 15.4 Å². The number of nitriles is 2. The number of aromatic nitrogens is 2. The van der Waals surface area contributed by atoms with E-state index in [0.29, 0.717) is 24.0 Å². The zero-order chi connectivity index (χ0) is 24.5. The van der Waals surface area contributed by atoms with Crippen LogP contribution in [0.25, 0.3) is 6.08 Å². The maximum atomic E-state index is 13.7. The number of amides is 1. The van der Waals surface area contributed by atoms with Crippen molar-refractivity contribution in [3.63, 3.8) is 0 Å². The number of halogens is 3. The molecule has 11 heteroatoms. The van der Waals surface area contributed by atoms with Gasteiger partial charge in [0.15, 0.2) is 6.04 Å². The Morgan fingerprint density at radius 3 is 2.47 bits per heavy atom. The quantitative estimate of drug-likeness (QED) is 0.632. The maximum absolute atomic E-state index is 13.7. The van der Waals surface area contributed by atoms with Crippen molar-refractivity contribution in [2.24, 2.45) is 5.41 Å². The number of ether oxygens (including phenoxy) is 1. The third kappa shape index (κ3) is 3.24. The number of rotatable bonds is 5. The van der Waals surface area contributed by atoms with E-state index in [0.717, 1.165) is 5.56 Å². The Morgan fingerprint density at radius 1 is 1.24 bits per heavy atom. The summed E-state index contributed by atoms with van der Waals surface area (Å²) in [5.74, 6) is -1.15. The Kier molecular flexibility index (Phi) is 4.43. The van der Waals surface area contributed by atoms with Crippen molar-refractivity contribution in [2.45, 2.75) is 44.4 Å². The van der Waals surface area contributed by atoms with E-state index >= 15 is 0 Å². The molecule has 0 radical (unpaired) electrons. The second kappa shape index (κ2) is 6.94. The van der Waals surface area contributed by atoms with Gasteiger partial charge in [0.05, 0.1) is 28.7 Å². The molecule has 2 aromatic rings. The van der Waals surface area contributed by atoms with Crippen LogP contribution in [0.2, 0.25) is 0 Å². The standard InChI is InChI=1S/C23H17F3N6O2/c1-11-6-13(4-3-5-27)7-12(2)16(11)34-19-14-15(18(33)30-17(14)23(24,25)26)29-20(31-19)32-22-8-21(22,9-22)10-28/h3-4,6-7,17H,8-9H2,1-2H3,(H,30,33)(H,29,31,32)/b4-3+. The molecular weight excluding hydrogens is 449 g/mol. The van der Waals surface area contributed by atoms with Crippen LogP contribution in [0.5, 0.6) is 11.6 Å². The van der Waals surface area contributed by atoms with Crippen molar-refractivity contribution >= 4 is 17.9 Å². The fourth-order valence-electron chi connectivity index (χ4n) is 4.50. The molecule has 3 aliphatic rings. The minimum atomic E-state index is -4.78. The number of benzene rings is 1. The maximum Gasteiger partial charge on any atom is 0.413 e. The predicted octanol–water partition coefficient (Wildman–Crippen LogP) is 4.24. The Hall–Kier alpha value is -4.12. The van der Waals surface area contributed by atoms with E-state index < -0.39 is 40.3 Å². The van der Waals surface area contributed by atoms with Crippen LogP contribution in [0, 0.1) is 41.9 Å². The molecule has 2 N–H and O–H groups in total. The van der Waals surface area contributed by atoms with Crippen molar-refractivity contribution < 1.29 is 22.7 Å². The fourth-order valence-corrected chi connectivity index (χ4v) is 4.50. The van der Waals surface area contributed by atoms with Crippen LogP contribution < -0.4 is 15.4 Å². The highest BCUT2D eigenvalue weighted by atomic mass is 19.4. The molecule has 172 valence electrons. The number of hydrogen-bond acceptors (Lipinski definition) is 7. The van der Waals surface area contributed by atoms with Gasteiger partial charge in [-0.2, -0.15) is 28.7 Å². The van der Waals surface area contributed by atoms with Crippen molar-refractivity contribution in [1.29, 1.82) is 10.5 Å². The van der Waals surface area contributed by atoms with Gasteiger partial charge in [-0.3, -0.25) is 4.79 Å². The smallest absolute Gasteiger partial charge is 0.413 e. The number of carbonyl (C=O) groups excluding carboxylic acids is 1. The van der Waals surface area contributed by atoms with E-state index in [2.05, 4.69) is 21.4 Å². The summed E-state index contributed by atoms with van der Waals surface area (Å²) >= 11 is 0. The zero-order valence-electron chi connectivity index (χ0n) is 18.0. The Morgan fingerprint density at radius 2 is 1.91 bits per heavy atom. The molecule has 34 heavy (non-hydrogen) atoms. The van der Waals surface area contributed by atoms with Crippen LogP contribution in [0.1, 0.15) is 51.6 Å². The summed E-state index contributed by atoms with van der Waals surface area (Å²) in [6.45, 7) is 3.43. The molecule has 1 unspecified atom stereocenters. The van der Waals surface area contributed by atoms with Crippen LogP contribution in [0.3, 0.4) is 0 Å². The first kappa shape index (κ1) is 21.7. The van der Waals surface area contributed by atoms with Gasteiger partial charge in [-0.15, -0.1) is 0 Å². The number of nitrogens with one attached hydrogen (secondary N) is 2. The van der Waals surface area contributed by atoms with Gasteiger partial charge in [0, 0.05) is 6.08 Å². The van der Waals surface area contributed by atoms with Gasteiger partial charge in [-0.25, -0.2) is 4.98 Å². The first-order valence-corrected chi connectivity index (χ1v) is 10.4. The number of alkyl halides is 3. The highest BCUT2D eigenvalue weighted by molar-refractivity contribution is 5.98. The monoisotopic (exact) mass is 466 g/mol. The van der Waals surface area contributed by atoms with E-state index in [1.807, 2.05) is 11.4 Å². The number of anilines is 1. The van der Waals surface area contributed by atoms with Crippen molar-refractivity contribution in [3.05, 3.63) is 46.2 Å². The summed E-state index contributed by atoms with van der Waals surface area (Å²) in [4.78, 5) is 20.7. The molecule has 0 bridgehead atoms. The third-order valence-corrected chi connectivity index (χ3v) is 6.49. The molecule has 8 nitrogen and oxygen atoms in total. The number of hydrogen-bond donors (Lipinski definition) is 2. The van der Waals surface area contributed by atoms with Crippen LogP contribution in [-0.4, -0.2) is 27.6 Å². The normalized spacial score (nSPS) is 26.2. The number of nitrogens with zero attached hydrogens (tertiary/aromatic N) is 4. The molecule has 0 spiro atoms. The predicted molar refractivity (Wildman–Crippen MR) is 113 cm³/mol. The second-order valence-corrected chi connectivity index (χ2v) is 8.87. The molecule has 2 saturated carbocycles. The molecule has 5 rings (SSSR count). The van der Waals surface area contributed by atoms with E-state index in [9.17, 15) is 23.2 Å². The average Bonchev–Trinajstić information content (AvgIpc) is 3.52. The average molecular weight is 466 g/mol. The Balaban J connectivity index is 1.58. The molecule has 2 aliphatic carbocycles. The highest BCUT2D eigenvalue weighted by Crippen LogP contribution is 2.79. The number of aryl methyl sites for hydroxylation is 2. The SMILES string of the molecule is Cc1cc(/C=C/C#N)cc(C)c1Oc1nc(NC23CC2(C#N)C3)nc2c1C(C(F)(F)F)NC2=O. The highest BCUT2D eigenvalue weighted by Gasteiger charge is 2.85. The van der Waals surface area contributed by atoms with Gasteiger partial charge in [0.2, 0.25) is 11.8 Å². The summed E-state index contributed by atoms with van der Waals surface area (Å²) in [6.07, 6.45) is -0.704. The first-order chi connectivity index (χ1) is 16.0. The molecular formula is C23H17F3N6O2. The summed E-state index contributed by atoms with van der Waals surface area (Å²) in [5, 5.41) is 23.0. The largest absolute Gasteiger partial charge is 0.438 e. The third-order valence-electron chi connectivity index (χ3n) is 6.49. The van der Waals surface area contributed by atoms with Gasteiger partial charge in [0.25, 0.3) is 5.91 Å². The molecule has 1 aromatic carbocycles. The van der Waals surface area contributed by atoms with E-state index in [1.165, 1.54) is 6.08 Å². The van der Waals surface area contributed by atoms with Gasteiger partial charge in [-0.05, 0) is 61.6 Å².